The Morgan fingerprint density at radius 1 is 1.28 bits per heavy atom. The molecule has 25 heavy (non-hydrogen) atoms. The predicted octanol–water partition coefficient (Wildman–Crippen LogP) is 2.70. The molecule has 1 saturated carbocycles. The van der Waals surface area contributed by atoms with E-state index in [0.29, 0.717) is 6.54 Å². The summed E-state index contributed by atoms with van der Waals surface area (Å²) in [6.45, 7) is 5.15. The van der Waals surface area contributed by atoms with E-state index in [1.807, 2.05) is 36.0 Å². The molecule has 0 atom stereocenters. The van der Waals surface area contributed by atoms with E-state index in [2.05, 4.69) is 15.7 Å². The summed E-state index contributed by atoms with van der Waals surface area (Å²) in [5.74, 6) is 0.679. The van der Waals surface area contributed by atoms with E-state index >= 15 is 0 Å². The van der Waals surface area contributed by atoms with Gasteiger partial charge in [0.05, 0.1) is 6.54 Å². The fourth-order valence-electron chi connectivity index (χ4n) is 3.01. The van der Waals surface area contributed by atoms with Gasteiger partial charge in [-0.25, -0.2) is 4.39 Å². The van der Waals surface area contributed by atoms with Crippen molar-refractivity contribution in [3.05, 3.63) is 54.1 Å². The van der Waals surface area contributed by atoms with E-state index in [-0.39, 0.29) is 11.2 Å². The van der Waals surface area contributed by atoms with Gasteiger partial charge in [0.15, 0.2) is 5.96 Å². The maximum absolute atomic E-state index is 14.1. The molecule has 0 spiro atoms. The largest absolute Gasteiger partial charge is 0.357 e. The van der Waals surface area contributed by atoms with Crippen LogP contribution in [0.1, 0.15) is 31.7 Å². The number of nitrogens with one attached hydrogen (secondary N) is 2. The molecule has 1 aromatic carbocycles. The minimum absolute atomic E-state index is 0.118. The summed E-state index contributed by atoms with van der Waals surface area (Å²) in [6, 6.07) is 9.00. The number of hydrogen-bond acceptors (Lipinski definition) is 2. The summed E-state index contributed by atoms with van der Waals surface area (Å²) < 4.78 is 16.0. The molecule has 6 heteroatoms. The quantitative estimate of drug-likeness (QED) is 0.440. The van der Waals surface area contributed by atoms with Gasteiger partial charge in [-0.3, -0.25) is 9.67 Å². The van der Waals surface area contributed by atoms with Crippen LogP contribution >= 0.6 is 0 Å². The lowest BCUT2D eigenvalue weighted by Gasteiger charge is -2.16. The zero-order valence-corrected chi connectivity index (χ0v) is 14.7. The third kappa shape index (κ3) is 4.59. The number of guanidine groups is 1. The van der Waals surface area contributed by atoms with Crippen LogP contribution in [0.4, 0.5) is 4.39 Å². The minimum atomic E-state index is -0.122. The van der Waals surface area contributed by atoms with Crippen molar-refractivity contribution in [3.8, 4) is 0 Å². The monoisotopic (exact) mass is 343 g/mol. The number of rotatable bonds is 8. The summed E-state index contributed by atoms with van der Waals surface area (Å²) in [6.07, 6.45) is 6.71. The van der Waals surface area contributed by atoms with Crippen molar-refractivity contribution in [1.29, 1.82) is 0 Å². The predicted molar refractivity (Wildman–Crippen MR) is 98.1 cm³/mol. The molecular weight excluding hydrogens is 317 g/mol. The van der Waals surface area contributed by atoms with Crippen molar-refractivity contribution in [3.63, 3.8) is 0 Å². The lowest BCUT2D eigenvalue weighted by atomic mass is 9.95. The van der Waals surface area contributed by atoms with Crippen LogP contribution in [0, 0.1) is 5.82 Å². The Labute approximate surface area is 148 Å². The van der Waals surface area contributed by atoms with Gasteiger partial charge in [0.1, 0.15) is 5.82 Å². The lowest BCUT2D eigenvalue weighted by molar-refractivity contribution is 0.565. The third-order valence-corrected chi connectivity index (χ3v) is 4.60. The average Bonchev–Trinajstić information content (AvgIpc) is 3.22. The van der Waals surface area contributed by atoms with Crippen LogP contribution < -0.4 is 10.6 Å². The molecule has 0 unspecified atom stereocenters. The number of aliphatic imine (C=N–C) groups is 1. The number of benzene rings is 1. The molecule has 0 saturated heterocycles. The van der Waals surface area contributed by atoms with Crippen molar-refractivity contribution in [2.24, 2.45) is 4.99 Å². The van der Waals surface area contributed by atoms with Crippen molar-refractivity contribution in [2.45, 2.75) is 38.1 Å². The highest BCUT2D eigenvalue weighted by molar-refractivity contribution is 5.79. The second-order valence-electron chi connectivity index (χ2n) is 6.50. The molecule has 2 aromatic rings. The molecule has 0 radical (unpaired) electrons. The van der Waals surface area contributed by atoms with Crippen LogP contribution in [0.15, 0.2) is 47.7 Å². The second kappa shape index (κ2) is 8.14. The van der Waals surface area contributed by atoms with Crippen molar-refractivity contribution >= 4 is 5.96 Å². The number of hydrogen-bond donors (Lipinski definition) is 2. The SMILES string of the molecule is CCNC(=NCC1(c2ccccc2F)CC1)NCCCn1cccn1. The molecule has 2 N–H and O–H groups in total. The highest BCUT2D eigenvalue weighted by Gasteiger charge is 2.45. The fourth-order valence-corrected chi connectivity index (χ4v) is 3.01. The highest BCUT2D eigenvalue weighted by Crippen LogP contribution is 2.49. The van der Waals surface area contributed by atoms with Gasteiger partial charge >= 0.3 is 0 Å². The Morgan fingerprint density at radius 2 is 2.12 bits per heavy atom. The molecule has 0 aliphatic heterocycles. The first-order chi connectivity index (χ1) is 12.2. The Kier molecular flexibility index (Phi) is 5.68. The van der Waals surface area contributed by atoms with Gasteiger partial charge < -0.3 is 10.6 Å². The Morgan fingerprint density at radius 3 is 2.80 bits per heavy atom. The molecule has 1 fully saturated rings. The Balaban J connectivity index is 1.54. The van der Waals surface area contributed by atoms with Crippen LogP contribution in [-0.4, -0.2) is 35.4 Å². The number of nitrogens with zero attached hydrogens (tertiary/aromatic N) is 3. The van der Waals surface area contributed by atoms with Gasteiger partial charge in [-0.1, -0.05) is 18.2 Å². The van der Waals surface area contributed by atoms with E-state index in [9.17, 15) is 4.39 Å². The van der Waals surface area contributed by atoms with Gasteiger partial charge in [-0.15, -0.1) is 0 Å². The second-order valence-corrected chi connectivity index (χ2v) is 6.50. The first-order valence-corrected chi connectivity index (χ1v) is 8.98. The molecule has 1 aliphatic rings. The average molecular weight is 343 g/mol. The number of aryl methyl sites for hydroxylation is 1. The topological polar surface area (TPSA) is 54.2 Å². The van der Waals surface area contributed by atoms with Crippen molar-refractivity contribution in [2.75, 3.05) is 19.6 Å². The summed E-state index contributed by atoms with van der Waals surface area (Å²) in [4.78, 5) is 4.71. The number of halogens is 1. The van der Waals surface area contributed by atoms with Crippen molar-refractivity contribution in [1.82, 2.24) is 20.4 Å². The molecule has 1 heterocycles. The van der Waals surface area contributed by atoms with E-state index in [1.54, 1.807) is 12.3 Å². The fraction of sp³-hybridized carbons (Fsp3) is 0.474. The molecule has 134 valence electrons. The molecular formula is C19H26FN5. The van der Waals surface area contributed by atoms with Gasteiger partial charge in [0.2, 0.25) is 0 Å². The zero-order chi connectivity index (χ0) is 17.5. The minimum Gasteiger partial charge on any atom is -0.357 e. The summed E-state index contributed by atoms with van der Waals surface area (Å²) in [7, 11) is 0. The normalized spacial score (nSPS) is 15.8. The van der Waals surface area contributed by atoms with E-state index in [0.717, 1.165) is 50.4 Å². The molecule has 1 aliphatic carbocycles. The van der Waals surface area contributed by atoms with Crippen LogP contribution in [0.2, 0.25) is 0 Å². The van der Waals surface area contributed by atoms with E-state index < -0.39 is 0 Å². The third-order valence-electron chi connectivity index (χ3n) is 4.60. The summed E-state index contributed by atoms with van der Waals surface area (Å²) in [5, 5.41) is 10.8. The summed E-state index contributed by atoms with van der Waals surface area (Å²) >= 11 is 0. The molecule has 3 rings (SSSR count). The van der Waals surface area contributed by atoms with Crippen molar-refractivity contribution < 1.29 is 4.39 Å². The molecule has 0 bridgehead atoms. The first-order valence-electron chi connectivity index (χ1n) is 8.98. The van der Waals surface area contributed by atoms with Gasteiger partial charge in [0, 0.05) is 37.4 Å². The lowest BCUT2D eigenvalue weighted by Crippen LogP contribution is -2.38. The van der Waals surface area contributed by atoms with Gasteiger partial charge in [-0.2, -0.15) is 5.10 Å². The smallest absolute Gasteiger partial charge is 0.191 e. The maximum Gasteiger partial charge on any atom is 0.191 e. The molecule has 0 amide bonds. The highest BCUT2D eigenvalue weighted by atomic mass is 19.1. The zero-order valence-electron chi connectivity index (χ0n) is 14.7. The Hall–Kier alpha value is -2.37. The van der Waals surface area contributed by atoms with Crippen LogP contribution in [-0.2, 0) is 12.0 Å². The Bertz CT molecular complexity index is 692. The van der Waals surface area contributed by atoms with Gasteiger partial charge in [0.25, 0.3) is 0 Å². The summed E-state index contributed by atoms with van der Waals surface area (Å²) in [5.41, 5.74) is 0.677. The van der Waals surface area contributed by atoms with Gasteiger partial charge in [-0.05, 0) is 43.9 Å². The standard InChI is InChI=1S/C19H26FN5/c1-2-21-18(22-11-5-13-25-14-6-12-24-25)23-15-19(9-10-19)16-7-3-4-8-17(16)20/h3-4,6-8,12,14H,2,5,9-11,13,15H2,1H3,(H2,21,22,23). The van der Waals surface area contributed by atoms with Crippen LogP contribution in [0.3, 0.4) is 0 Å². The molecule has 5 nitrogen and oxygen atoms in total. The first kappa shape index (κ1) is 17.5. The van der Waals surface area contributed by atoms with E-state index in [4.69, 9.17) is 4.99 Å². The maximum atomic E-state index is 14.1. The van der Waals surface area contributed by atoms with Crippen LogP contribution in [0.5, 0.6) is 0 Å². The van der Waals surface area contributed by atoms with E-state index in [1.165, 1.54) is 6.07 Å². The van der Waals surface area contributed by atoms with Crippen LogP contribution in [0.25, 0.3) is 0 Å². The molecule has 1 aromatic heterocycles. The number of aromatic nitrogens is 2.